The molecule has 0 aromatic heterocycles. The molecule has 74 valence electrons. The molecule has 0 aliphatic carbocycles. The van der Waals surface area contributed by atoms with Gasteiger partial charge in [-0.1, -0.05) is 26.7 Å². The van der Waals surface area contributed by atoms with E-state index in [4.69, 9.17) is 0 Å². The maximum atomic E-state index is 2.43. The molecule has 0 aliphatic heterocycles. The highest BCUT2D eigenvalue weighted by Gasteiger charge is 2.07. The molecule has 0 saturated carbocycles. The average molecular weight is 171 g/mol. The molecule has 0 bridgehead atoms. The van der Waals surface area contributed by atoms with Gasteiger partial charge in [-0.05, 0) is 39.8 Å². The molecule has 0 amide bonds. The standard InChI is InChI=1S/C11H25N/c1-6-11(7-2)8-9-12(5)10(3)4/h10-11H,6-9H2,1-5H3. The molecule has 1 heteroatoms. The van der Waals surface area contributed by atoms with E-state index in [2.05, 4.69) is 39.6 Å². The van der Waals surface area contributed by atoms with Gasteiger partial charge < -0.3 is 4.90 Å². The van der Waals surface area contributed by atoms with Crippen molar-refractivity contribution in [3.63, 3.8) is 0 Å². The molecule has 0 rings (SSSR count). The van der Waals surface area contributed by atoms with Gasteiger partial charge >= 0.3 is 0 Å². The average Bonchev–Trinajstić information content (AvgIpc) is 2.05. The van der Waals surface area contributed by atoms with Crippen LogP contribution >= 0.6 is 0 Å². The molecule has 0 aromatic rings. The van der Waals surface area contributed by atoms with E-state index < -0.39 is 0 Å². The van der Waals surface area contributed by atoms with Crippen molar-refractivity contribution in [3.8, 4) is 0 Å². The Bertz CT molecular complexity index is 93.2. The second-order valence-corrected chi connectivity index (χ2v) is 4.05. The van der Waals surface area contributed by atoms with Crippen molar-refractivity contribution in [1.29, 1.82) is 0 Å². The summed E-state index contributed by atoms with van der Waals surface area (Å²) in [6.45, 7) is 10.4. The molecular weight excluding hydrogens is 146 g/mol. The summed E-state index contributed by atoms with van der Waals surface area (Å²) in [5.74, 6) is 0.936. The van der Waals surface area contributed by atoms with E-state index >= 15 is 0 Å². The van der Waals surface area contributed by atoms with E-state index in [0.29, 0.717) is 6.04 Å². The third kappa shape index (κ3) is 4.76. The van der Waals surface area contributed by atoms with Crippen molar-refractivity contribution in [3.05, 3.63) is 0 Å². The van der Waals surface area contributed by atoms with Crippen LogP contribution in [-0.4, -0.2) is 24.5 Å². The lowest BCUT2D eigenvalue weighted by Crippen LogP contribution is -2.28. The van der Waals surface area contributed by atoms with Gasteiger partial charge in [0.25, 0.3) is 0 Å². The minimum Gasteiger partial charge on any atom is -0.304 e. The molecule has 0 radical (unpaired) electrons. The Balaban J connectivity index is 3.51. The van der Waals surface area contributed by atoms with E-state index in [9.17, 15) is 0 Å². The van der Waals surface area contributed by atoms with Gasteiger partial charge in [0, 0.05) is 6.04 Å². The molecule has 0 heterocycles. The van der Waals surface area contributed by atoms with Crippen LogP contribution in [0.1, 0.15) is 47.0 Å². The van der Waals surface area contributed by atoms with E-state index in [1.165, 1.54) is 25.8 Å². The van der Waals surface area contributed by atoms with E-state index in [1.807, 2.05) is 0 Å². The van der Waals surface area contributed by atoms with E-state index in [1.54, 1.807) is 0 Å². The maximum Gasteiger partial charge on any atom is 0.00355 e. The smallest absolute Gasteiger partial charge is 0.00355 e. The predicted molar refractivity (Wildman–Crippen MR) is 56.5 cm³/mol. The fraction of sp³-hybridized carbons (Fsp3) is 1.00. The van der Waals surface area contributed by atoms with Gasteiger partial charge in [0.05, 0.1) is 0 Å². The lowest BCUT2D eigenvalue weighted by Gasteiger charge is -2.23. The molecule has 0 N–H and O–H groups in total. The van der Waals surface area contributed by atoms with Crippen LogP contribution in [0.3, 0.4) is 0 Å². The molecular formula is C11H25N. The van der Waals surface area contributed by atoms with Crippen LogP contribution in [0, 0.1) is 5.92 Å². The summed E-state index contributed by atoms with van der Waals surface area (Å²) in [5.41, 5.74) is 0. The van der Waals surface area contributed by atoms with Crippen molar-refractivity contribution >= 4 is 0 Å². The largest absolute Gasteiger partial charge is 0.304 e. The van der Waals surface area contributed by atoms with Crippen LogP contribution in [0.15, 0.2) is 0 Å². The third-order valence-electron chi connectivity index (χ3n) is 2.93. The topological polar surface area (TPSA) is 3.24 Å². The first kappa shape index (κ1) is 12.0. The Kier molecular flexibility index (Phi) is 6.45. The Morgan fingerprint density at radius 3 is 1.92 bits per heavy atom. The quantitative estimate of drug-likeness (QED) is 0.593. The maximum absolute atomic E-state index is 2.43. The molecule has 0 aliphatic rings. The molecule has 0 fully saturated rings. The summed E-state index contributed by atoms with van der Waals surface area (Å²) < 4.78 is 0. The lowest BCUT2D eigenvalue weighted by molar-refractivity contribution is 0.247. The van der Waals surface area contributed by atoms with E-state index in [0.717, 1.165) is 5.92 Å². The highest BCUT2D eigenvalue weighted by Crippen LogP contribution is 2.13. The van der Waals surface area contributed by atoms with Crippen LogP contribution in [-0.2, 0) is 0 Å². The first-order valence-electron chi connectivity index (χ1n) is 5.32. The van der Waals surface area contributed by atoms with Crippen LogP contribution in [0.2, 0.25) is 0 Å². The highest BCUT2D eigenvalue weighted by molar-refractivity contribution is 4.61. The number of hydrogen-bond donors (Lipinski definition) is 0. The minimum atomic E-state index is 0.694. The van der Waals surface area contributed by atoms with Crippen molar-refractivity contribution in [1.82, 2.24) is 4.90 Å². The van der Waals surface area contributed by atoms with Crippen LogP contribution in [0.5, 0.6) is 0 Å². The minimum absolute atomic E-state index is 0.694. The summed E-state index contributed by atoms with van der Waals surface area (Å²) in [7, 11) is 2.22. The Morgan fingerprint density at radius 2 is 1.58 bits per heavy atom. The molecule has 1 nitrogen and oxygen atoms in total. The van der Waals surface area contributed by atoms with Crippen molar-refractivity contribution in [2.75, 3.05) is 13.6 Å². The van der Waals surface area contributed by atoms with Crippen molar-refractivity contribution < 1.29 is 0 Å². The Morgan fingerprint density at radius 1 is 1.08 bits per heavy atom. The summed E-state index contributed by atoms with van der Waals surface area (Å²) in [6.07, 6.45) is 4.03. The van der Waals surface area contributed by atoms with Crippen molar-refractivity contribution in [2.24, 2.45) is 5.92 Å². The molecule has 0 aromatic carbocycles. The zero-order valence-corrected chi connectivity index (χ0v) is 9.43. The third-order valence-corrected chi connectivity index (χ3v) is 2.93. The monoisotopic (exact) mass is 171 g/mol. The highest BCUT2D eigenvalue weighted by atomic mass is 15.1. The number of nitrogens with zero attached hydrogens (tertiary/aromatic N) is 1. The van der Waals surface area contributed by atoms with Gasteiger partial charge in [0.15, 0.2) is 0 Å². The lowest BCUT2D eigenvalue weighted by atomic mass is 9.99. The normalized spacial score (nSPS) is 12.0. The zero-order chi connectivity index (χ0) is 9.56. The Labute approximate surface area is 78.1 Å². The van der Waals surface area contributed by atoms with Crippen LogP contribution < -0.4 is 0 Å². The first-order chi connectivity index (χ1) is 5.61. The van der Waals surface area contributed by atoms with Gasteiger partial charge in [-0.3, -0.25) is 0 Å². The SMILES string of the molecule is CCC(CC)CCN(C)C(C)C. The zero-order valence-electron chi connectivity index (χ0n) is 9.43. The molecule has 12 heavy (non-hydrogen) atoms. The predicted octanol–water partition coefficient (Wildman–Crippen LogP) is 3.15. The molecule has 0 spiro atoms. The Hall–Kier alpha value is -0.0400. The summed E-state index contributed by atoms with van der Waals surface area (Å²) >= 11 is 0. The van der Waals surface area contributed by atoms with Gasteiger partial charge in [-0.15, -0.1) is 0 Å². The fourth-order valence-electron chi connectivity index (χ4n) is 1.34. The molecule has 0 atom stereocenters. The second-order valence-electron chi connectivity index (χ2n) is 4.05. The fourth-order valence-corrected chi connectivity index (χ4v) is 1.34. The van der Waals surface area contributed by atoms with Crippen molar-refractivity contribution in [2.45, 2.75) is 53.0 Å². The summed E-state index contributed by atoms with van der Waals surface area (Å²) in [4.78, 5) is 2.43. The van der Waals surface area contributed by atoms with Gasteiger partial charge in [0.1, 0.15) is 0 Å². The van der Waals surface area contributed by atoms with Crippen LogP contribution in [0.4, 0.5) is 0 Å². The number of rotatable bonds is 6. The first-order valence-corrected chi connectivity index (χ1v) is 5.32. The molecule has 0 unspecified atom stereocenters. The summed E-state index contributed by atoms with van der Waals surface area (Å²) in [6, 6.07) is 0.694. The molecule has 0 saturated heterocycles. The summed E-state index contributed by atoms with van der Waals surface area (Å²) in [5, 5.41) is 0. The van der Waals surface area contributed by atoms with Gasteiger partial charge in [-0.25, -0.2) is 0 Å². The van der Waals surface area contributed by atoms with Crippen LogP contribution in [0.25, 0.3) is 0 Å². The van der Waals surface area contributed by atoms with Gasteiger partial charge in [0.2, 0.25) is 0 Å². The number of hydrogen-bond acceptors (Lipinski definition) is 1. The van der Waals surface area contributed by atoms with E-state index in [-0.39, 0.29) is 0 Å². The van der Waals surface area contributed by atoms with Gasteiger partial charge in [-0.2, -0.15) is 0 Å². The second kappa shape index (κ2) is 6.47.